The smallest absolute Gasteiger partial charge is 0.246 e. The number of hydrogen-bond donors (Lipinski definition) is 3. The minimum Gasteiger partial charge on any atom is -0.409 e. The molecule has 0 radical (unpaired) electrons. The van der Waals surface area contributed by atoms with Gasteiger partial charge in [0.1, 0.15) is 6.61 Å². The highest BCUT2D eigenvalue weighted by atomic mass is 16.5. The number of rotatable bonds is 5. The van der Waals surface area contributed by atoms with Gasteiger partial charge < -0.3 is 21.0 Å². The van der Waals surface area contributed by atoms with Crippen LogP contribution in [0.2, 0.25) is 0 Å². The van der Waals surface area contributed by atoms with Crippen molar-refractivity contribution in [3.63, 3.8) is 0 Å². The number of nitrogens with one attached hydrogen (secondary N) is 1. The normalized spacial score (nSPS) is 14.6. The molecule has 0 fully saturated rings. The number of nitrogens with two attached hydrogens (primary N) is 1. The third-order valence-electron chi connectivity index (χ3n) is 1.85. The molecule has 0 heterocycles. The van der Waals surface area contributed by atoms with E-state index in [1.54, 1.807) is 0 Å². The predicted molar refractivity (Wildman–Crippen MR) is 61.3 cm³/mol. The molecule has 0 rings (SSSR count). The van der Waals surface area contributed by atoms with Gasteiger partial charge in [-0.2, -0.15) is 0 Å². The Morgan fingerprint density at radius 2 is 2.12 bits per heavy atom. The molecule has 6 heteroatoms. The topological polar surface area (TPSA) is 96.9 Å². The second kappa shape index (κ2) is 6.32. The van der Waals surface area contributed by atoms with Gasteiger partial charge in [-0.05, 0) is 27.2 Å². The van der Waals surface area contributed by atoms with Gasteiger partial charge >= 0.3 is 0 Å². The lowest BCUT2D eigenvalue weighted by atomic mass is 10.2. The van der Waals surface area contributed by atoms with Crippen molar-refractivity contribution in [2.24, 2.45) is 10.9 Å². The van der Waals surface area contributed by atoms with Crippen molar-refractivity contribution < 1.29 is 14.7 Å². The van der Waals surface area contributed by atoms with Crippen LogP contribution in [0.5, 0.6) is 0 Å². The molecular weight excluding hydrogens is 210 g/mol. The van der Waals surface area contributed by atoms with E-state index in [-0.39, 0.29) is 24.0 Å². The zero-order valence-electron chi connectivity index (χ0n) is 10.3. The zero-order chi connectivity index (χ0) is 12.8. The Bertz CT molecular complexity index is 259. The maximum Gasteiger partial charge on any atom is 0.246 e. The van der Waals surface area contributed by atoms with E-state index in [0.29, 0.717) is 6.42 Å². The van der Waals surface area contributed by atoms with Crippen LogP contribution in [0.4, 0.5) is 0 Å². The summed E-state index contributed by atoms with van der Waals surface area (Å²) in [5.74, 6) is -0.292. The molecule has 4 N–H and O–H groups in total. The molecule has 0 saturated heterocycles. The lowest BCUT2D eigenvalue weighted by Gasteiger charge is -2.20. The van der Waals surface area contributed by atoms with Gasteiger partial charge in [0.05, 0.1) is 11.6 Å². The lowest BCUT2D eigenvalue weighted by Crippen LogP contribution is -2.46. The van der Waals surface area contributed by atoms with Gasteiger partial charge in [0, 0.05) is 0 Å². The number of hydrogen-bond acceptors (Lipinski definition) is 4. The van der Waals surface area contributed by atoms with Crippen LogP contribution in [0.15, 0.2) is 5.16 Å². The summed E-state index contributed by atoms with van der Waals surface area (Å²) in [4.78, 5) is 11.5. The Morgan fingerprint density at radius 3 is 2.50 bits per heavy atom. The number of carbonyl (C=O) groups excluding carboxylic acids is 1. The Kier molecular flexibility index (Phi) is 5.81. The second-order valence-corrected chi connectivity index (χ2v) is 4.45. The summed E-state index contributed by atoms with van der Waals surface area (Å²) < 4.78 is 5.29. The van der Waals surface area contributed by atoms with Crippen molar-refractivity contribution in [3.05, 3.63) is 0 Å². The minimum atomic E-state index is -0.457. The molecular formula is C10H21N3O3. The molecule has 1 atom stereocenters. The molecule has 0 spiro atoms. The number of nitrogens with zero attached hydrogens (tertiary/aromatic N) is 1. The SMILES string of the molecule is CCC(NC(=O)COC(C)(C)C)C(N)=NO. The van der Waals surface area contributed by atoms with Crippen molar-refractivity contribution in [1.29, 1.82) is 0 Å². The van der Waals surface area contributed by atoms with Crippen molar-refractivity contribution >= 4 is 11.7 Å². The molecule has 0 aliphatic heterocycles. The van der Waals surface area contributed by atoms with E-state index < -0.39 is 6.04 Å². The van der Waals surface area contributed by atoms with Crippen molar-refractivity contribution in [2.75, 3.05) is 6.61 Å². The van der Waals surface area contributed by atoms with Gasteiger partial charge in [-0.1, -0.05) is 12.1 Å². The van der Waals surface area contributed by atoms with Gasteiger partial charge in [0.2, 0.25) is 5.91 Å². The molecule has 0 bridgehead atoms. The summed E-state index contributed by atoms with van der Waals surface area (Å²) in [5, 5.41) is 14.0. The molecule has 6 nitrogen and oxygen atoms in total. The maximum absolute atomic E-state index is 11.5. The van der Waals surface area contributed by atoms with Crippen molar-refractivity contribution in [1.82, 2.24) is 5.32 Å². The molecule has 1 amide bonds. The van der Waals surface area contributed by atoms with Gasteiger partial charge in [-0.3, -0.25) is 4.79 Å². The third-order valence-corrected chi connectivity index (χ3v) is 1.85. The van der Waals surface area contributed by atoms with E-state index >= 15 is 0 Å². The van der Waals surface area contributed by atoms with E-state index in [9.17, 15) is 4.79 Å². The Hall–Kier alpha value is -1.30. The maximum atomic E-state index is 11.5. The van der Waals surface area contributed by atoms with Crippen LogP contribution < -0.4 is 11.1 Å². The largest absolute Gasteiger partial charge is 0.409 e. The zero-order valence-corrected chi connectivity index (χ0v) is 10.3. The van der Waals surface area contributed by atoms with Crippen molar-refractivity contribution in [2.45, 2.75) is 45.8 Å². The standard InChI is InChI=1S/C10H21N3O3/c1-5-7(9(11)13-15)12-8(14)6-16-10(2,3)4/h7,15H,5-6H2,1-4H3,(H2,11,13)(H,12,14). The molecule has 94 valence electrons. The summed E-state index contributed by atoms with van der Waals surface area (Å²) >= 11 is 0. The molecule has 0 aliphatic carbocycles. The van der Waals surface area contributed by atoms with Crippen LogP contribution in [0.1, 0.15) is 34.1 Å². The third kappa shape index (κ3) is 6.23. The Labute approximate surface area is 95.8 Å². The highest BCUT2D eigenvalue weighted by molar-refractivity contribution is 5.90. The van der Waals surface area contributed by atoms with Gasteiger partial charge in [0.15, 0.2) is 5.84 Å². The fourth-order valence-corrected chi connectivity index (χ4v) is 0.973. The van der Waals surface area contributed by atoms with Gasteiger partial charge in [-0.25, -0.2) is 0 Å². The number of oxime groups is 1. The molecule has 0 aromatic heterocycles. The molecule has 0 aliphatic rings. The van der Waals surface area contributed by atoms with Crippen LogP contribution in [0, 0.1) is 0 Å². The first-order chi connectivity index (χ1) is 7.30. The van der Waals surface area contributed by atoms with Gasteiger partial charge in [0.25, 0.3) is 0 Å². The molecule has 16 heavy (non-hydrogen) atoms. The average Bonchev–Trinajstić information content (AvgIpc) is 2.21. The van der Waals surface area contributed by atoms with E-state index in [2.05, 4.69) is 10.5 Å². The lowest BCUT2D eigenvalue weighted by molar-refractivity contribution is -0.130. The first kappa shape index (κ1) is 14.7. The molecule has 0 aromatic carbocycles. The van der Waals surface area contributed by atoms with E-state index in [1.807, 2.05) is 27.7 Å². The average molecular weight is 231 g/mol. The van der Waals surface area contributed by atoms with E-state index in [1.165, 1.54) is 0 Å². The predicted octanol–water partition coefficient (Wildman–Crippen LogP) is 0.443. The van der Waals surface area contributed by atoms with Crippen LogP contribution in [-0.4, -0.2) is 35.2 Å². The number of amidine groups is 1. The number of ether oxygens (including phenoxy) is 1. The molecule has 1 unspecified atom stereocenters. The van der Waals surface area contributed by atoms with Crippen LogP contribution >= 0.6 is 0 Å². The summed E-state index contributed by atoms with van der Waals surface area (Å²) in [5.41, 5.74) is 5.04. The molecule has 0 aromatic rings. The van der Waals surface area contributed by atoms with E-state index in [0.717, 1.165) is 0 Å². The van der Waals surface area contributed by atoms with Gasteiger partial charge in [-0.15, -0.1) is 0 Å². The minimum absolute atomic E-state index is 0.00777. The summed E-state index contributed by atoms with van der Waals surface area (Å²) in [6.45, 7) is 7.37. The summed E-state index contributed by atoms with van der Waals surface area (Å²) in [7, 11) is 0. The first-order valence-corrected chi connectivity index (χ1v) is 5.21. The highest BCUT2D eigenvalue weighted by Crippen LogP contribution is 2.05. The summed E-state index contributed by atoms with van der Waals surface area (Å²) in [6, 6.07) is -0.457. The highest BCUT2D eigenvalue weighted by Gasteiger charge is 2.17. The number of carbonyl (C=O) groups is 1. The first-order valence-electron chi connectivity index (χ1n) is 5.21. The van der Waals surface area contributed by atoms with Crippen molar-refractivity contribution in [3.8, 4) is 0 Å². The second-order valence-electron chi connectivity index (χ2n) is 4.45. The Morgan fingerprint density at radius 1 is 1.56 bits per heavy atom. The quantitative estimate of drug-likeness (QED) is 0.277. The Balaban J connectivity index is 4.12. The van der Waals surface area contributed by atoms with Crippen LogP contribution in [0.25, 0.3) is 0 Å². The monoisotopic (exact) mass is 231 g/mol. The summed E-state index contributed by atoms with van der Waals surface area (Å²) in [6.07, 6.45) is 0.553. The van der Waals surface area contributed by atoms with Crippen LogP contribution in [0.3, 0.4) is 0 Å². The van der Waals surface area contributed by atoms with Crippen LogP contribution in [-0.2, 0) is 9.53 Å². The molecule has 0 saturated carbocycles. The fraction of sp³-hybridized carbons (Fsp3) is 0.800. The number of amides is 1. The van der Waals surface area contributed by atoms with E-state index in [4.69, 9.17) is 15.7 Å². The fourth-order valence-electron chi connectivity index (χ4n) is 0.973.